The van der Waals surface area contributed by atoms with Gasteiger partial charge in [-0.25, -0.2) is 0 Å². The molecule has 1 amide bonds. The van der Waals surface area contributed by atoms with Crippen molar-refractivity contribution in [3.63, 3.8) is 0 Å². The summed E-state index contributed by atoms with van der Waals surface area (Å²) in [6.07, 6.45) is 2.19. The van der Waals surface area contributed by atoms with Gasteiger partial charge in [0.1, 0.15) is 5.54 Å². The second kappa shape index (κ2) is 4.84. The minimum absolute atomic E-state index is 0.0233. The van der Waals surface area contributed by atoms with Crippen LogP contribution in [0, 0.1) is 5.92 Å². The van der Waals surface area contributed by atoms with Crippen molar-refractivity contribution in [3.8, 4) is 0 Å². The monoisotopic (exact) mass is 288 g/mol. The van der Waals surface area contributed by atoms with Gasteiger partial charge in [-0.15, -0.1) is 0 Å². The summed E-state index contributed by atoms with van der Waals surface area (Å²) >= 11 is 0. The van der Waals surface area contributed by atoms with Gasteiger partial charge >= 0.3 is 5.97 Å². The van der Waals surface area contributed by atoms with Crippen LogP contribution in [0.3, 0.4) is 0 Å². The number of rotatable bonds is 3. The van der Waals surface area contributed by atoms with Crippen LogP contribution in [0.4, 0.5) is 0 Å². The highest BCUT2D eigenvalue weighted by atomic mass is 16.4. The number of amides is 1. The van der Waals surface area contributed by atoms with Gasteiger partial charge in [-0.1, -0.05) is 30.3 Å². The number of fused-ring (bicyclic) bond motifs is 2. The number of carboxylic acid groups (broad SMARTS) is 1. The Morgan fingerprint density at radius 3 is 2.52 bits per heavy atom. The molecule has 2 fully saturated rings. The molecule has 3 N–H and O–H groups in total. The van der Waals surface area contributed by atoms with Gasteiger partial charge in [0.05, 0.1) is 5.92 Å². The van der Waals surface area contributed by atoms with Crippen molar-refractivity contribution in [1.82, 2.24) is 4.90 Å². The molecule has 2 saturated heterocycles. The van der Waals surface area contributed by atoms with Crippen molar-refractivity contribution >= 4 is 11.9 Å². The minimum atomic E-state index is -1.12. The Labute approximate surface area is 123 Å². The lowest BCUT2D eigenvalue weighted by Crippen LogP contribution is -2.53. The summed E-state index contributed by atoms with van der Waals surface area (Å²) in [5.74, 6) is -1.41. The molecule has 4 atom stereocenters. The van der Waals surface area contributed by atoms with E-state index in [0.717, 1.165) is 18.4 Å². The molecule has 112 valence electrons. The third kappa shape index (κ3) is 2.12. The Morgan fingerprint density at radius 2 is 1.95 bits per heavy atom. The molecular weight excluding hydrogens is 268 g/mol. The topological polar surface area (TPSA) is 83.6 Å². The summed E-state index contributed by atoms with van der Waals surface area (Å²) in [7, 11) is 0. The molecule has 3 rings (SSSR count). The molecule has 0 aromatic heterocycles. The van der Waals surface area contributed by atoms with E-state index >= 15 is 0 Å². The SMILES string of the molecule is CC(N)(C(=O)N1C2CCC1C(C(=O)O)C2)c1ccccc1. The van der Waals surface area contributed by atoms with Crippen molar-refractivity contribution in [3.05, 3.63) is 35.9 Å². The number of carboxylic acids is 1. The number of carbonyl (C=O) groups is 2. The van der Waals surface area contributed by atoms with E-state index in [2.05, 4.69) is 0 Å². The second-order valence-electron chi connectivity index (χ2n) is 6.26. The van der Waals surface area contributed by atoms with E-state index in [0.29, 0.717) is 6.42 Å². The smallest absolute Gasteiger partial charge is 0.308 e. The lowest BCUT2D eigenvalue weighted by molar-refractivity contribution is -0.144. The third-order valence-electron chi connectivity index (χ3n) is 4.91. The number of nitrogens with zero attached hydrogens (tertiary/aromatic N) is 1. The fourth-order valence-corrected chi connectivity index (χ4v) is 3.75. The summed E-state index contributed by atoms with van der Waals surface area (Å²) in [6, 6.07) is 9.08. The van der Waals surface area contributed by atoms with Gasteiger partial charge in [0.2, 0.25) is 5.91 Å². The van der Waals surface area contributed by atoms with Crippen LogP contribution in [-0.2, 0) is 15.1 Å². The van der Waals surface area contributed by atoms with Crippen molar-refractivity contribution in [1.29, 1.82) is 0 Å². The highest BCUT2D eigenvalue weighted by Crippen LogP contribution is 2.43. The lowest BCUT2D eigenvalue weighted by Gasteiger charge is -2.32. The Balaban J connectivity index is 1.88. The normalized spacial score (nSPS) is 30.2. The van der Waals surface area contributed by atoms with E-state index in [9.17, 15) is 14.7 Å². The number of carbonyl (C=O) groups excluding carboxylic acids is 1. The molecule has 5 heteroatoms. The summed E-state index contributed by atoms with van der Waals surface area (Å²) in [4.78, 5) is 26.0. The third-order valence-corrected chi connectivity index (χ3v) is 4.91. The lowest BCUT2D eigenvalue weighted by atomic mass is 9.89. The zero-order valence-electron chi connectivity index (χ0n) is 12.0. The zero-order valence-corrected chi connectivity index (χ0v) is 12.0. The number of hydrogen-bond acceptors (Lipinski definition) is 3. The standard InChI is InChI=1S/C16H20N2O3/c1-16(17,10-5-3-2-4-6-10)15(21)18-11-7-8-13(18)12(9-11)14(19)20/h2-6,11-13H,7-9,17H2,1H3,(H,19,20). The summed E-state index contributed by atoms with van der Waals surface area (Å²) in [5, 5.41) is 9.29. The Kier molecular flexibility index (Phi) is 3.24. The predicted octanol–water partition coefficient (Wildman–Crippen LogP) is 1.32. The molecule has 5 nitrogen and oxygen atoms in total. The van der Waals surface area contributed by atoms with Crippen LogP contribution < -0.4 is 5.73 Å². The maximum atomic E-state index is 12.9. The van der Waals surface area contributed by atoms with E-state index in [1.807, 2.05) is 30.3 Å². The molecule has 0 aliphatic carbocycles. The van der Waals surface area contributed by atoms with Crippen LogP contribution in [-0.4, -0.2) is 34.0 Å². The van der Waals surface area contributed by atoms with Gasteiger partial charge in [-0.2, -0.15) is 0 Å². The van der Waals surface area contributed by atoms with Gasteiger partial charge in [0, 0.05) is 12.1 Å². The molecule has 2 bridgehead atoms. The van der Waals surface area contributed by atoms with E-state index in [4.69, 9.17) is 5.73 Å². The molecule has 2 heterocycles. The molecule has 21 heavy (non-hydrogen) atoms. The summed E-state index contributed by atoms with van der Waals surface area (Å²) < 4.78 is 0. The van der Waals surface area contributed by atoms with E-state index in [-0.39, 0.29) is 18.0 Å². The maximum Gasteiger partial charge on any atom is 0.308 e. The maximum absolute atomic E-state index is 12.9. The number of hydrogen-bond donors (Lipinski definition) is 2. The van der Waals surface area contributed by atoms with E-state index < -0.39 is 17.4 Å². The van der Waals surface area contributed by atoms with Gasteiger partial charge in [-0.05, 0) is 31.7 Å². The number of aliphatic carboxylic acids is 1. The van der Waals surface area contributed by atoms with Gasteiger partial charge in [0.15, 0.2) is 0 Å². The molecule has 2 aliphatic rings. The van der Waals surface area contributed by atoms with Crippen LogP contribution >= 0.6 is 0 Å². The summed E-state index contributed by atoms with van der Waals surface area (Å²) in [5.41, 5.74) is 5.94. The van der Waals surface area contributed by atoms with Gasteiger partial charge < -0.3 is 15.7 Å². The number of benzene rings is 1. The van der Waals surface area contributed by atoms with Crippen LogP contribution in [0.25, 0.3) is 0 Å². The molecule has 0 spiro atoms. The zero-order chi connectivity index (χ0) is 15.2. The van der Waals surface area contributed by atoms with Crippen LogP contribution in [0.15, 0.2) is 30.3 Å². The van der Waals surface area contributed by atoms with E-state index in [1.54, 1.807) is 11.8 Å². The highest BCUT2D eigenvalue weighted by Gasteiger charge is 2.53. The first-order valence-corrected chi connectivity index (χ1v) is 7.33. The Morgan fingerprint density at radius 1 is 1.29 bits per heavy atom. The van der Waals surface area contributed by atoms with Crippen molar-refractivity contribution in [2.75, 3.05) is 0 Å². The first-order chi connectivity index (χ1) is 9.93. The van der Waals surface area contributed by atoms with Crippen molar-refractivity contribution in [2.24, 2.45) is 11.7 Å². The molecule has 0 saturated carbocycles. The van der Waals surface area contributed by atoms with E-state index in [1.165, 1.54) is 0 Å². The minimum Gasteiger partial charge on any atom is -0.481 e. The van der Waals surface area contributed by atoms with Crippen molar-refractivity contribution in [2.45, 2.75) is 43.8 Å². The molecular formula is C16H20N2O3. The van der Waals surface area contributed by atoms with Gasteiger partial charge in [-0.3, -0.25) is 9.59 Å². The second-order valence-corrected chi connectivity index (χ2v) is 6.26. The van der Waals surface area contributed by atoms with Crippen molar-refractivity contribution < 1.29 is 14.7 Å². The highest BCUT2D eigenvalue weighted by molar-refractivity contribution is 5.89. The average molecular weight is 288 g/mol. The fourth-order valence-electron chi connectivity index (χ4n) is 3.75. The first-order valence-electron chi connectivity index (χ1n) is 7.33. The van der Waals surface area contributed by atoms with Crippen LogP contribution in [0.2, 0.25) is 0 Å². The Bertz CT molecular complexity index is 570. The molecule has 4 unspecified atom stereocenters. The molecule has 1 aromatic carbocycles. The largest absolute Gasteiger partial charge is 0.481 e. The molecule has 1 aromatic rings. The average Bonchev–Trinajstić information content (AvgIpc) is 3.05. The van der Waals surface area contributed by atoms with Crippen LogP contribution in [0.5, 0.6) is 0 Å². The summed E-state index contributed by atoms with van der Waals surface area (Å²) in [6.45, 7) is 1.71. The fraction of sp³-hybridized carbons (Fsp3) is 0.500. The predicted molar refractivity (Wildman–Crippen MR) is 77.4 cm³/mol. The van der Waals surface area contributed by atoms with Gasteiger partial charge in [0.25, 0.3) is 0 Å². The Hall–Kier alpha value is -1.88. The van der Waals surface area contributed by atoms with Crippen LogP contribution in [0.1, 0.15) is 31.7 Å². The quantitative estimate of drug-likeness (QED) is 0.878. The number of nitrogens with two attached hydrogens (primary N) is 1. The first kappa shape index (κ1) is 14.1. The molecule has 2 aliphatic heterocycles. The molecule has 0 radical (unpaired) electrons.